The average molecular weight is 332 g/mol. The van der Waals surface area contributed by atoms with Gasteiger partial charge in [0.1, 0.15) is 0 Å². The largest absolute Gasteiger partial charge is 0.364 e. The maximum absolute atomic E-state index is 10.7. The van der Waals surface area contributed by atoms with Gasteiger partial charge in [-0.2, -0.15) is 0 Å². The van der Waals surface area contributed by atoms with Crippen LogP contribution in [0.5, 0.6) is 0 Å². The average Bonchev–Trinajstić information content (AvgIpc) is 2.58. The summed E-state index contributed by atoms with van der Waals surface area (Å²) in [6.45, 7) is 3.70. The van der Waals surface area contributed by atoms with Crippen molar-refractivity contribution in [2.45, 2.75) is 31.7 Å². The van der Waals surface area contributed by atoms with Gasteiger partial charge in [0, 0.05) is 10.6 Å². The fraction of sp³-hybridized carbons (Fsp3) is 0.368. The van der Waals surface area contributed by atoms with Crippen molar-refractivity contribution in [3.8, 4) is 0 Å². The monoisotopic (exact) mass is 331 g/mol. The molecule has 122 valence electrons. The maximum Gasteiger partial charge on any atom is 0.182 e. The van der Waals surface area contributed by atoms with Crippen LogP contribution in [0.1, 0.15) is 35.8 Å². The van der Waals surface area contributed by atoms with Crippen LogP contribution in [-0.2, 0) is 10.3 Å². The molecule has 1 aliphatic heterocycles. The number of aliphatic hydroxyl groups is 1. The first-order valence-electron chi connectivity index (χ1n) is 7.99. The third kappa shape index (κ3) is 3.59. The molecule has 0 aliphatic carbocycles. The molecule has 1 fully saturated rings. The van der Waals surface area contributed by atoms with Crippen LogP contribution < -0.4 is 5.32 Å². The minimum atomic E-state index is -0.994. The fourth-order valence-corrected chi connectivity index (χ4v) is 3.38. The molecule has 0 aromatic heterocycles. The molecule has 1 atom stereocenters. The maximum atomic E-state index is 10.7. The van der Waals surface area contributed by atoms with Crippen LogP contribution in [0.25, 0.3) is 0 Å². The number of halogens is 1. The van der Waals surface area contributed by atoms with Gasteiger partial charge < -0.3 is 15.2 Å². The molecule has 3 nitrogen and oxygen atoms in total. The smallest absolute Gasteiger partial charge is 0.182 e. The molecule has 2 aromatic carbocycles. The van der Waals surface area contributed by atoms with Crippen molar-refractivity contribution in [3.05, 3.63) is 70.2 Å². The minimum Gasteiger partial charge on any atom is -0.364 e. The van der Waals surface area contributed by atoms with Gasteiger partial charge in [-0.25, -0.2) is 0 Å². The van der Waals surface area contributed by atoms with Gasteiger partial charge in [-0.05, 0) is 56.1 Å². The lowest BCUT2D eigenvalue weighted by atomic mass is 9.84. The Bertz CT molecular complexity index is 654. The molecule has 2 aromatic rings. The molecule has 0 spiro atoms. The molecule has 0 saturated carbocycles. The standard InChI is InChI=1S/C19H22ClNO2/c1-14-7-8-16(20)13-17(14)18(22)23-19(9-11-21-12-10-19)15-5-3-2-4-6-15/h2-8,13,18,21-22H,9-12H2,1H3. The second kappa shape index (κ2) is 7.02. The quantitative estimate of drug-likeness (QED) is 0.834. The third-order valence-corrected chi connectivity index (χ3v) is 4.79. The van der Waals surface area contributed by atoms with Crippen molar-refractivity contribution in [1.82, 2.24) is 5.32 Å². The van der Waals surface area contributed by atoms with E-state index in [0.29, 0.717) is 5.02 Å². The van der Waals surface area contributed by atoms with E-state index in [2.05, 4.69) is 17.4 Å². The molecule has 23 heavy (non-hydrogen) atoms. The number of benzene rings is 2. The molecule has 0 bridgehead atoms. The first-order chi connectivity index (χ1) is 11.1. The van der Waals surface area contributed by atoms with Gasteiger partial charge in [0.2, 0.25) is 0 Å². The zero-order chi connectivity index (χ0) is 16.3. The number of hydrogen-bond acceptors (Lipinski definition) is 3. The van der Waals surface area contributed by atoms with E-state index >= 15 is 0 Å². The number of rotatable bonds is 4. The van der Waals surface area contributed by atoms with Gasteiger partial charge >= 0.3 is 0 Å². The first-order valence-corrected chi connectivity index (χ1v) is 8.37. The van der Waals surface area contributed by atoms with E-state index in [1.54, 1.807) is 6.07 Å². The fourth-order valence-electron chi connectivity index (χ4n) is 3.20. The predicted molar refractivity (Wildman–Crippen MR) is 92.5 cm³/mol. The summed E-state index contributed by atoms with van der Waals surface area (Å²) in [5, 5.41) is 14.7. The second-order valence-electron chi connectivity index (χ2n) is 6.08. The second-order valence-corrected chi connectivity index (χ2v) is 6.52. The number of aryl methyl sites for hydroxylation is 1. The molecule has 4 heteroatoms. The van der Waals surface area contributed by atoms with E-state index in [-0.39, 0.29) is 0 Å². The summed E-state index contributed by atoms with van der Waals surface area (Å²) < 4.78 is 6.24. The molecular weight excluding hydrogens is 310 g/mol. The Morgan fingerprint density at radius 2 is 1.83 bits per heavy atom. The van der Waals surface area contributed by atoms with Crippen LogP contribution in [0.2, 0.25) is 5.02 Å². The summed E-state index contributed by atoms with van der Waals surface area (Å²) in [5.41, 5.74) is 2.34. The Kier molecular flexibility index (Phi) is 5.02. The molecule has 0 radical (unpaired) electrons. The summed E-state index contributed by atoms with van der Waals surface area (Å²) >= 11 is 6.08. The highest BCUT2D eigenvalue weighted by Crippen LogP contribution is 2.39. The van der Waals surface area contributed by atoms with Crippen LogP contribution in [0.15, 0.2) is 48.5 Å². The highest BCUT2D eigenvalue weighted by atomic mass is 35.5. The summed E-state index contributed by atoms with van der Waals surface area (Å²) in [6.07, 6.45) is 0.661. The summed E-state index contributed by atoms with van der Waals surface area (Å²) in [6, 6.07) is 15.7. The highest BCUT2D eigenvalue weighted by molar-refractivity contribution is 6.30. The topological polar surface area (TPSA) is 41.5 Å². The first kappa shape index (κ1) is 16.5. The van der Waals surface area contributed by atoms with Crippen molar-refractivity contribution in [2.75, 3.05) is 13.1 Å². The molecule has 2 N–H and O–H groups in total. The van der Waals surface area contributed by atoms with Crippen LogP contribution >= 0.6 is 11.6 Å². The molecular formula is C19H22ClNO2. The lowest BCUT2D eigenvalue weighted by Crippen LogP contribution is -2.42. The van der Waals surface area contributed by atoms with Gasteiger partial charge in [0.25, 0.3) is 0 Å². The summed E-state index contributed by atoms with van der Waals surface area (Å²) in [5.74, 6) is 0. The molecule has 1 unspecified atom stereocenters. The van der Waals surface area contributed by atoms with E-state index in [4.69, 9.17) is 16.3 Å². The van der Waals surface area contributed by atoms with Crippen molar-refractivity contribution >= 4 is 11.6 Å². The van der Waals surface area contributed by atoms with Gasteiger partial charge in [0.05, 0.1) is 5.60 Å². The van der Waals surface area contributed by atoms with E-state index in [1.165, 1.54) is 0 Å². The normalized spacial score (nSPS) is 18.6. The van der Waals surface area contributed by atoms with Crippen LogP contribution in [0.3, 0.4) is 0 Å². The Hall–Kier alpha value is -1.39. The van der Waals surface area contributed by atoms with Crippen LogP contribution in [0, 0.1) is 6.92 Å². The molecule has 1 heterocycles. The van der Waals surface area contributed by atoms with Gasteiger partial charge in [-0.15, -0.1) is 0 Å². The molecule has 3 rings (SSSR count). The lowest BCUT2D eigenvalue weighted by molar-refractivity contribution is -0.205. The van der Waals surface area contributed by atoms with Gasteiger partial charge in [0.15, 0.2) is 6.29 Å². The van der Waals surface area contributed by atoms with Gasteiger partial charge in [-0.3, -0.25) is 0 Å². The van der Waals surface area contributed by atoms with Crippen molar-refractivity contribution < 1.29 is 9.84 Å². The van der Waals surface area contributed by atoms with Crippen molar-refractivity contribution in [2.24, 2.45) is 0 Å². The highest BCUT2D eigenvalue weighted by Gasteiger charge is 2.37. The Morgan fingerprint density at radius 1 is 1.13 bits per heavy atom. The van der Waals surface area contributed by atoms with Gasteiger partial charge in [-0.1, -0.05) is 48.0 Å². The summed E-state index contributed by atoms with van der Waals surface area (Å²) in [7, 11) is 0. The van der Waals surface area contributed by atoms with E-state index in [0.717, 1.165) is 42.6 Å². The minimum absolute atomic E-state index is 0.472. The molecule has 1 saturated heterocycles. The number of aliphatic hydroxyl groups excluding tert-OH is 1. The lowest BCUT2D eigenvalue weighted by Gasteiger charge is -2.39. The Morgan fingerprint density at radius 3 is 2.52 bits per heavy atom. The zero-order valence-corrected chi connectivity index (χ0v) is 14.0. The van der Waals surface area contributed by atoms with E-state index in [1.807, 2.05) is 37.3 Å². The Balaban J connectivity index is 1.91. The molecule has 1 aliphatic rings. The zero-order valence-electron chi connectivity index (χ0n) is 13.3. The van der Waals surface area contributed by atoms with Crippen LogP contribution in [-0.4, -0.2) is 18.2 Å². The number of ether oxygens (including phenoxy) is 1. The molecule has 0 amide bonds. The third-order valence-electron chi connectivity index (χ3n) is 4.56. The number of hydrogen-bond donors (Lipinski definition) is 2. The van der Waals surface area contributed by atoms with E-state index < -0.39 is 11.9 Å². The van der Waals surface area contributed by atoms with Crippen LogP contribution in [0.4, 0.5) is 0 Å². The predicted octanol–water partition coefficient (Wildman–Crippen LogP) is 3.93. The van der Waals surface area contributed by atoms with Crippen molar-refractivity contribution in [3.63, 3.8) is 0 Å². The Labute approximate surface area is 142 Å². The summed E-state index contributed by atoms with van der Waals surface area (Å²) in [4.78, 5) is 0. The number of nitrogens with one attached hydrogen (secondary N) is 1. The number of piperidine rings is 1. The van der Waals surface area contributed by atoms with E-state index in [9.17, 15) is 5.11 Å². The van der Waals surface area contributed by atoms with Crippen molar-refractivity contribution in [1.29, 1.82) is 0 Å². The SMILES string of the molecule is Cc1ccc(Cl)cc1C(O)OC1(c2ccccc2)CCNCC1.